The van der Waals surface area contributed by atoms with Gasteiger partial charge in [0.05, 0.1) is 6.54 Å². The number of aromatic nitrogens is 1. The molecule has 2 unspecified atom stereocenters. The highest BCUT2D eigenvalue weighted by atomic mass is 32.2. The lowest BCUT2D eigenvalue weighted by Gasteiger charge is -2.20. The summed E-state index contributed by atoms with van der Waals surface area (Å²) >= 11 is 1.16. The highest BCUT2D eigenvalue weighted by Gasteiger charge is 2.24. The minimum atomic E-state index is -1.80. The number of hydrogen-bond donors (Lipinski definition) is 2. The van der Waals surface area contributed by atoms with Crippen LogP contribution in [0.15, 0.2) is 65.1 Å². The summed E-state index contributed by atoms with van der Waals surface area (Å²) < 4.78 is 14.0. The predicted molar refractivity (Wildman–Crippen MR) is 125 cm³/mol. The fourth-order valence-electron chi connectivity index (χ4n) is 3.17. The van der Waals surface area contributed by atoms with Crippen LogP contribution in [-0.4, -0.2) is 47.3 Å². The molecule has 3 rings (SSSR count). The topological polar surface area (TPSA) is 111 Å². The van der Waals surface area contributed by atoms with Crippen LogP contribution in [0.25, 0.3) is 0 Å². The maximum absolute atomic E-state index is 12.8. The van der Waals surface area contributed by atoms with Gasteiger partial charge in [0.1, 0.15) is 4.21 Å². The number of benzene rings is 1. The summed E-state index contributed by atoms with van der Waals surface area (Å²) in [6, 6.07) is 14.7. The van der Waals surface area contributed by atoms with Crippen molar-refractivity contribution in [2.75, 3.05) is 6.54 Å². The second kappa shape index (κ2) is 11.3. The molecule has 0 spiro atoms. The molecule has 0 saturated heterocycles. The second-order valence-electron chi connectivity index (χ2n) is 7.64. The molecule has 0 fully saturated rings. The van der Waals surface area contributed by atoms with Crippen molar-refractivity contribution in [2.24, 2.45) is 0 Å². The van der Waals surface area contributed by atoms with Gasteiger partial charge in [-0.15, -0.1) is 15.8 Å². The van der Waals surface area contributed by atoms with Gasteiger partial charge in [-0.1, -0.05) is 36.8 Å². The van der Waals surface area contributed by atoms with Crippen molar-refractivity contribution in [1.29, 1.82) is 0 Å². The molecule has 2 N–H and O–H groups in total. The van der Waals surface area contributed by atoms with Crippen LogP contribution in [0.3, 0.4) is 0 Å². The number of hydroxylamine groups is 1. The maximum Gasteiger partial charge on any atom is 0.394 e. The van der Waals surface area contributed by atoms with E-state index in [1.54, 1.807) is 36.7 Å². The normalized spacial score (nSPS) is 13.0. The van der Waals surface area contributed by atoms with E-state index in [2.05, 4.69) is 4.98 Å². The lowest BCUT2D eigenvalue weighted by molar-refractivity contribution is -0.156. The number of carboxylic acids is 1. The quantitative estimate of drug-likeness (QED) is 0.353. The van der Waals surface area contributed by atoms with Crippen LogP contribution in [0.4, 0.5) is 0 Å². The summed E-state index contributed by atoms with van der Waals surface area (Å²) in [6.07, 6.45) is 3.14. The van der Waals surface area contributed by atoms with Crippen molar-refractivity contribution in [3.63, 3.8) is 0 Å². The number of carbonyl (C=O) groups excluding carboxylic acids is 1. The second-order valence-corrected chi connectivity index (χ2v) is 10.4. The Bertz CT molecular complexity index is 1120. The third-order valence-electron chi connectivity index (χ3n) is 5.02. The van der Waals surface area contributed by atoms with Crippen LogP contribution >= 0.6 is 11.3 Å². The van der Waals surface area contributed by atoms with Gasteiger partial charge in [-0.3, -0.25) is 9.78 Å². The zero-order valence-electron chi connectivity index (χ0n) is 18.2. The lowest BCUT2D eigenvalue weighted by Crippen LogP contribution is -2.35. The Kier molecular flexibility index (Phi) is 8.45. The summed E-state index contributed by atoms with van der Waals surface area (Å²) in [5, 5.41) is 19.6. The van der Waals surface area contributed by atoms with Gasteiger partial charge in [0.25, 0.3) is 0 Å². The van der Waals surface area contributed by atoms with Gasteiger partial charge in [-0.25, -0.2) is 9.00 Å². The maximum atomic E-state index is 12.8. The summed E-state index contributed by atoms with van der Waals surface area (Å²) in [6.45, 7) is 4.26. The molecule has 1 amide bonds. The smallest absolute Gasteiger partial charge is 0.394 e. The van der Waals surface area contributed by atoms with Crippen LogP contribution in [0.1, 0.15) is 34.4 Å². The zero-order chi connectivity index (χ0) is 24.0. The fraction of sp³-hybridized carbons (Fsp3) is 0.261. The molecule has 33 heavy (non-hydrogen) atoms. The molecule has 10 heteroatoms. The van der Waals surface area contributed by atoms with Gasteiger partial charge in [-0.2, -0.15) is 0 Å². The highest BCUT2D eigenvalue weighted by molar-refractivity contribution is 7.84. The standard InChI is InChI=1S/C23H25N3O5S2/c1-16-3-5-19(6-4-16)17(2)13-26(30)33(31)21-8-7-20(32-21)15-25(22(27)23(28)29)14-18-9-11-24-12-10-18/h3-12,17,30H,13-15H2,1-2H3,(H,28,29). The highest BCUT2D eigenvalue weighted by Crippen LogP contribution is 2.25. The van der Waals surface area contributed by atoms with Crippen LogP contribution < -0.4 is 0 Å². The van der Waals surface area contributed by atoms with Crippen LogP contribution in [0, 0.1) is 6.92 Å². The minimum absolute atomic E-state index is 0.0389. The van der Waals surface area contributed by atoms with Gasteiger partial charge in [0, 0.05) is 30.4 Å². The van der Waals surface area contributed by atoms with Gasteiger partial charge < -0.3 is 15.2 Å². The van der Waals surface area contributed by atoms with Crippen LogP contribution in [-0.2, 0) is 33.7 Å². The molecule has 174 valence electrons. The monoisotopic (exact) mass is 487 g/mol. The Labute approximate surface area is 198 Å². The molecule has 0 aliphatic heterocycles. The number of carbonyl (C=O) groups is 2. The molecule has 2 atom stereocenters. The molecule has 2 heterocycles. The van der Waals surface area contributed by atoms with Gasteiger partial charge in [-0.05, 0) is 48.2 Å². The number of nitrogens with zero attached hydrogens (tertiary/aromatic N) is 3. The Morgan fingerprint density at radius 3 is 2.36 bits per heavy atom. The Morgan fingerprint density at radius 2 is 1.73 bits per heavy atom. The van der Waals surface area contributed by atoms with E-state index in [1.165, 1.54) is 4.90 Å². The number of rotatable bonds is 9. The summed E-state index contributed by atoms with van der Waals surface area (Å²) in [5.74, 6) is -2.61. The number of hydrogen-bond acceptors (Lipinski definition) is 6. The van der Waals surface area contributed by atoms with E-state index in [1.807, 2.05) is 38.1 Å². The first-order chi connectivity index (χ1) is 15.7. The van der Waals surface area contributed by atoms with Crippen molar-refractivity contribution in [1.82, 2.24) is 14.4 Å². The van der Waals surface area contributed by atoms with Crippen molar-refractivity contribution < 1.29 is 24.1 Å². The third-order valence-corrected chi connectivity index (χ3v) is 7.57. The molecular weight excluding hydrogens is 462 g/mol. The van der Waals surface area contributed by atoms with Crippen molar-refractivity contribution in [2.45, 2.75) is 37.1 Å². The van der Waals surface area contributed by atoms with Gasteiger partial charge >= 0.3 is 11.9 Å². The Hall–Kier alpha value is -2.92. The number of pyridine rings is 1. The first-order valence-corrected chi connectivity index (χ1v) is 12.1. The molecule has 0 radical (unpaired) electrons. The molecule has 0 aliphatic carbocycles. The molecular formula is C23H25N3O5S2. The van der Waals surface area contributed by atoms with Gasteiger partial charge in [0.2, 0.25) is 0 Å². The molecule has 8 nitrogen and oxygen atoms in total. The average Bonchev–Trinajstić information content (AvgIpc) is 3.27. The largest absolute Gasteiger partial charge is 0.474 e. The molecule has 3 aromatic rings. The fourth-order valence-corrected chi connectivity index (χ4v) is 5.54. The summed E-state index contributed by atoms with van der Waals surface area (Å²) in [7, 11) is -1.80. The van der Waals surface area contributed by atoms with Crippen molar-refractivity contribution >= 4 is 34.2 Å². The first-order valence-electron chi connectivity index (χ1n) is 10.2. The van der Waals surface area contributed by atoms with Crippen LogP contribution in [0.5, 0.6) is 0 Å². The number of aliphatic carboxylic acids is 1. The van der Waals surface area contributed by atoms with E-state index in [9.17, 15) is 24.1 Å². The zero-order valence-corrected chi connectivity index (χ0v) is 19.9. The van der Waals surface area contributed by atoms with E-state index in [-0.39, 0.29) is 25.6 Å². The lowest BCUT2D eigenvalue weighted by atomic mass is 10.0. The van der Waals surface area contributed by atoms with E-state index in [4.69, 9.17) is 0 Å². The van der Waals surface area contributed by atoms with Crippen LogP contribution in [0.2, 0.25) is 0 Å². The number of thiophene rings is 1. The molecule has 2 aromatic heterocycles. The van der Waals surface area contributed by atoms with E-state index < -0.39 is 22.9 Å². The Balaban J connectivity index is 1.67. The third kappa shape index (κ3) is 6.78. The van der Waals surface area contributed by atoms with Crippen molar-refractivity contribution in [3.05, 3.63) is 82.5 Å². The Morgan fingerprint density at radius 1 is 1.06 bits per heavy atom. The number of aryl methyl sites for hydroxylation is 1. The molecule has 1 aromatic carbocycles. The minimum Gasteiger partial charge on any atom is -0.474 e. The summed E-state index contributed by atoms with van der Waals surface area (Å²) in [5.41, 5.74) is 2.91. The van der Waals surface area contributed by atoms with Crippen molar-refractivity contribution in [3.8, 4) is 0 Å². The average molecular weight is 488 g/mol. The SMILES string of the molecule is Cc1ccc(C(C)CN(O)S(=O)c2ccc(CN(Cc3ccncc3)C(=O)C(=O)O)s2)cc1. The van der Waals surface area contributed by atoms with E-state index in [0.29, 0.717) is 9.09 Å². The van der Waals surface area contributed by atoms with Gasteiger partial charge in [0.15, 0.2) is 11.0 Å². The number of amides is 1. The molecule has 0 saturated carbocycles. The molecule has 0 bridgehead atoms. The predicted octanol–water partition coefficient (Wildman–Crippen LogP) is 3.58. The van der Waals surface area contributed by atoms with E-state index in [0.717, 1.165) is 32.5 Å². The summed E-state index contributed by atoms with van der Waals surface area (Å²) in [4.78, 5) is 29.2. The molecule has 0 aliphatic rings. The number of carboxylic acid groups (broad SMARTS) is 1. The van der Waals surface area contributed by atoms with E-state index >= 15 is 0 Å². The first kappa shape index (κ1) is 24.7.